The largest absolute Gasteiger partial charge is 0.479 e. The maximum Gasteiger partial charge on any atom is 0.333 e. The molecule has 12 heavy (non-hydrogen) atoms. The molecule has 0 amide bonds. The van der Waals surface area contributed by atoms with Crippen molar-refractivity contribution in [2.24, 2.45) is 5.41 Å². The fourth-order valence-corrected chi connectivity index (χ4v) is 0.470. The number of aliphatic hydroxyl groups excluding tert-OH is 2. The summed E-state index contributed by atoms with van der Waals surface area (Å²) in [7, 11) is 0. The number of hydrogen-bond donors (Lipinski definition) is 3. The van der Waals surface area contributed by atoms with Gasteiger partial charge in [-0.2, -0.15) is 0 Å². The summed E-state index contributed by atoms with van der Waals surface area (Å²) in [6.45, 7) is 0.475. The first kappa shape index (κ1) is 14.6. The van der Waals surface area contributed by atoms with Crippen LogP contribution in [0.1, 0.15) is 6.92 Å². The summed E-state index contributed by atoms with van der Waals surface area (Å²) in [6.07, 6.45) is -1.63. The molecule has 0 aliphatic carbocycles. The van der Waals surface area contributed by atoms with Crippen LogP contribution >= 0.6 is 0 Å². The van der Waals surface area contributed by atoms with E-state index in [9.17, 15) is 9.59 Å². The first-order valence-corrected chi connectivity index (χ1v) is 2.96. The monoisotopic (exact) mass is 185 g/mol. The molecule has 0 saturated heterocycles. The molecule has 0 aliphatic heterocycles. The molecule has 0 aromatic carbocycles. The van der Waals surface area contributed by atoms with Crippen LogP contribution in [0.4, 0.5) is 0 Å². The fourth-order valence-electron chi connectivity index (χ4n) is 0.470. The van der Waals surface area contributed by atoms with Gasteiger partial charge < -0.3 is 20.1 Å². The summed E-state index contributed by atoms with van der Waals surface area (Å²) in [5.41, 5.74) is -1.61. The minimum Gasteiger partial charge on any atom is -0.479 e. The normalized spacial score (nSPS) is 16.9. The molecule has 0 saturated carbocycles. The first-order chi connectivity index (χ1) is 4.98. The minimum absolute atomic E-state index is 0. The Bertz CT molecular complexity index is 171. The molecule has 1 radical (unpaired) electrons. The van der Waals surface area contributed by atoms with Crippen molar-refractivity contribution in [1.29, 1.82) is 0 Å². The van der Waals surface area contributed by atoms with Crippen molar-refractivity contribution in [1.82, 2.24) is 0 Å². The third-order valence-corrected chi connectivity index (χ3v) is 1.47. The number of aliphatic carboxylic acids is 1. The van der Waals surface area contributed by atoms with Crippen molar-refractivity contribution in [3.63, 3.8) is 0 Å². The third-order valence-electron chi connectivity index (χ3n) is 1.47. The summed E-state index contributed by atoms with van der Waals surface area (Å²) in [5.74, 6) is -1.52. The molecule has 3 N–H and O–H groups in total. The smallest absolute Gasteiger partial charge is 0.333 e. The van der Waals surface area contributed by atoms with Crippen LogP contribution < -0.4 is 0 Å². The Morgan fingerprint density at radius 1 is 1.67 bits per heavy atom. The van der Waals surface area contributed by atoms with Crippen molar-refractivity contribution >= 4 is 41.8 Å². The third kappa shape index (κ3) is 3.20. The zero-order valence-electron chi connectivity index (χ0n) is 7.02. The predicted octanol–water partition coefficient (Wildman–Crippen LogP) is -1.75. The van der Waals surface area contributed by atoms with E-state index >= 15 is 0 Å². The van der Waals surface area contributed by atoms with Gasteiger partial charge in [-0.1, -0.05) is 0 Å². The van der Waals surface area contributed by atoms with Gasteiger partial charge in [0.05, 0.1) is 12.0 Å². The Morgan fingerprint density at radius 2 is 2.08 bits per heavy atom. The topological polar surface area (TPSA) is 94.8 Å². The van der Waals surface area contributed by atoms with Crippen LogP contribution in [0.2, 0.25) is 0 Å². The van der Waals surface area contributed by atoms with Gasteiger partial charge in [-0.05, 0) is 6.92 Å². The molecule has 0 aromatic heterocycles. The van der Waals surface area contributed by atoms with Crippen molar-refractivity contribution in [2.75, 3.05) is 6.61 Å². The van der Waals surface area contributed by atoms with Crippen molar-refractivity contribution in [3.8, 4) is 0 Å². The summed E-state index contributed by atoms with van der Waals surface area (Å²) in [4.78, 5) is 20.4. The van der Waals surface area contributed by atoms with Gasteiger partial charge in [0.2, 0.25) is 0 Å². The van der Waals surface area contributed by atoms with Gasteiger partial charge in [-0.3, -0.25) is 0 Å². The zero-order chi connectivity index (χ0) is 9.07. The van der Waals surface area contributed by atoms with Crippen molar-refractivity contribution in [2.45, 2.75) is 13.0 Å². The number of carboxylic acid groups (broad SMARTS) is 1. The van der Waals surface area contributed by atoms with Crippen LogP contribution in [0.15, 0.2) is 0 Å². The van der Waals surface area contributed by atoms with Gasteiger partial charge >= 0.3 is 5.97 Å². The van der Waals surface area contributed by atoms with Gasteiger partial charge in [0.15, 0.2) is 6.10 Å². The van der Waals surface area contributed by atoms with Crippen LogP contribution in [0.3, 0.4) is 0 Å². The summed E-state index contributed by atoms with van der Waals surface area (Å²) in [6, 6.07) is 0. The van der Waals surface area contributed by atoms with Gasteiger partial charge in [0.1, 0.15) is 6.29 Å². The second kappa shape index (κ2) is 5.66. The van der Waals surface area contributed by atoms with E-state index in [4.69, 9.17) is 15.3 Å². The van der Waals surface area contributed by atoms with Crippen LogP contribution in [0.5, 0.6) is 0 Å². The average Bonchev–Trinajstić information content (AvgIpc) is 2.01. The summed E-state index contributed by atoms with van der Waals surface area (Å²) < 4.78 is 0. The molecule has 2 atom stereocenters. The standard InChI is InChI=1S/C6H10O5.Na/c1-6(2-7,3-8)4(9)5(10)11;/h2,4,8-9H,3H2,1H3,(H,10,11);/t4-,6?;/m0./s1. The molecule has 0 fully saturated rings. The molecule has 0 spiro atoms. The van der Waals surface area contributed by atoms with E-state index in [-0.39, 0.29) is 35.8 Å². The van der Waals surface area contributed by atoms with Gasteiger partial charge in [0.25, 0.3) is 0 Å². The van der Waals surface area contributed by atoms with Crippen molar-refractivity contribution < 1.29 is 24.9 Å². The Morgan fingerprint density at radius 3 is 2.17 bits per heavy atom. The average molecular weight is 185 g/mol. The SMILES string of the molecule is CC(C=O)(CO)[C@@H](O)C(=O)O.[Na]. The fraction of sp³-hybridized carbons (Fsp3) is 0.667. The Balaban J connectivity index is 0. The minimum atomic E-state index is -1.86. The van der Waals surface area contributed by atoms with Gasteiger partial charge in [-0.15, -0.1) is 0 Å². The molecule has 65 valence electrons. The number of rotatable bonds is 4. The molecule has 5 nitrogen and oxygen atoms in total. The molecule has 0 heterocycles. The molecule has 1 unspecified atom stereocenters. The Hall–Kier alpha value is 0.0600. The molecular formula is C6H10NaO5. The van der Waals surface area contributed by atoms with E-state index in [0.717, 1.165) is 0 Å². The van der Waals surface area contributed by atoms with Crippen molar-refractivity contribution in [3.05, 3.63) is 0 Å². The number of carbonyl (C=O) groups is 2. The second-order valence-corrected chi connectivity index (χ2v) is 2.52. The number of carboxylic acids is 1. The van der Waals surface area contributed by atoms with E-state index in [1.165, 1.54) is 6.92 Å². The Kier molecular flexibility index (Phi) is 6.88. The first-order valence-electron chi connectivity index (χ1n) is 2.96. The molecular weight excluding hydrogens is 175 g/mol. The summed E-state index contributed by atoms with van der Waals surface area (Å²) in [5, 5.41) is 25.7. The Labute approximate surface area is 91.7 Å². The van der Waals surface area contributed by atoms with Crippen LogP contribution in [0, 0.1) is 5.41 Å². The van der Waals surface area contributed by atoms with Crippen LogP contribution in [-0.2, 0) is 9.59 Å². The predicted molar refractivity (Wildman–Crippen MR) is 40.7 cm³/mol. The van der Waals surface area contributed by atoms with Crippen LogP contribution in [0.25, 0.3) is 0 Å². The number of aliphatic hydroxyl groups is 2. The second-order valence-electron chi connectivity index (χ2n) is 2.52. The van der Waals surface area contributed by atoms with Gasteiger partial charge in [0, 0.05) is 29.6 Å². The van der Waals surface area contributed by atoms with E-state index in [0.29, 0.717) is 0 Å². The molecule has 0 aliphatic rings. The number of hydrogen-bond acceptors (Lipinski definition) is 4. The maximum atomic E-state index is 10.2. The molecule has 6 heteroatoms. The number of aldehydes is 1. The van der Waals surface area contributed by atoms with E-state index in [1.807, 2.05) is 0 Å². The maximum absolute atomic E-state index is 10.2. The van der Waals surface area contributed by atoms with Crippen LogP contribution in [-0.4, -0.2) is 69.8 Å². The van der Waals surface area contributed by atoms with E-state index in [1.54, 1.807) is 0 Å². The quantitative estimate of drug-likeness (QED) is 0.356. The molecule has 0 aromatic rings. The van der Waals surface area contributed by atoms with E-state index in [2.05, 4.69) is 0 Å². The number of carbonyl (C=O) groups excluding carboxylic acids is 1. The zero-order valence-corrected chi connectivity index (χ0v) is 9.02. The summed E-state index contributed by atoms with van der Waals surface area (Å²) >= 11 is 0. The van der Waals surface area contributed by atoms with Gasteiger partial charge in [-0.25, -0.2) is 4.79 Å². The molecule has 0 bridgehead atoms. The van der Waals surface area contributed by atoms with E-state index < -0.39 is 24.1 Å². The molecule has 0 rings (SSSR count).